The van der Waals surface area contributed by atoms with E-state index < -0.39 is 22.2 Å². The minimum absolute atomic E-state index is 0.270. The number of hydrogen-bond acceptors (Lipinski definition) is 4. The van der Waals surface area contributed by atoms with E-state index in [0.717, 1.165) is 6.07 Å². The summed E-state index contributed by atoms with van der Waals surface area (Å²) in [6.07, 6.45) is 0. The lowest BCUT2D eigenvalue weighted by molar-refractivity contribution is -0.386. The smallest absolute Gasteiger partial charge is 0.328 e. The summed E-state index contributed by atoms with van der Waals surface area (Å²) >= 11 is 0. The summed E-state index contributed by atoms with van der Waals surface area (Å²) in [6.45, 7) is 0. The predicted molar refractivity (Wildman–Crippen MR) is 67.1 cm³/mol. The summed E-state index contributed by atoms with van der Waals surface area (Å²) in [6, 6.07) is 7.60. The van der Waals surface area contributed by atoms with Gasteiger partial charge in [0.05, 0.1) is 4.92 Å². The van der Waals surface area contributed by atoms with Gasteiger partial charge < -0.3 is 11.1 Å². The van der Waals surface area contributed by atoms with Crippen LogP contribution >= 0.6 is 0 Å². The molecule has 0 fully saturated rings. The highest BCUT2D eigenvalue weighted by atomic mass is 19.1. The van der Waals surface area contributed by atoms with E-state index in [-0.39, 0.29) is 5.69 Å². The predicted octanol–water partition coefficient (Wildman–Crippen LogP) is 3.20. The number of benzene rings is 2. The lowest BCUT2D eigenvalue weighted by atomic mass is 10.2. The lowest BCUT2D eigenvalue weighted by Crippen LogP contribution is -2.01. The molecule has 0 spiro atoms. The molecular weight excluding hydrogens is 256 g/mol. The van der Waals surface area contributed by atoms with Gasteiger partial charge in [0, 0.05) is 23.5 Å². The van der Waals surface area contributed by atoms with Gasteiger partial charge in [-0.05, 0) is 18.2 Å². The molecule has 0 aromatic heterocycles. The first-order valence-electron chi connectivity index (χ1n) is 5.23. The van der Waals surface area contributed by atoms with Gasteiger partial charge in [0.1, 0.15) is 11.5 Å². The van der Waals surface area contributed by atoms with Crippen LogP contribution in [0.15, 0.2) is 36.4 Å². The van der Waals surface area contributed by atoms with Gasteiger partial charge >= 0.3 is 5.69 Å². The van der Waals surface area contributed by atoms with E-state index in [1.807, 2.05) is 0 Å². The molecule has 0 atom stereocenters. The van der Waals surface area contributed by atoms with Crippen molar-refractivity contribution in [3.05, 3.63) is 58.1 Å². The molecule has 19 heavy (non-hydrogen) atoms. The van der Waals surface area contributed by atoms with E-state index in [1.165, 1.54) is 6.07 Å². The van der Waals surface area contributed by atoms with Crippen LogP contribution in [0.25, 0.3) is 0 Å². The molecule has 0 aliphatic heterocycles. The minimum Gasteiger partial charge on any atom is -0.399 e. The second kappa shape index (κ2) is 4.89. The third kappa shape index (κ3) is 2.76. The second-order valence-electron chi connectivity index (χ2n) is 3.79. The largest absolute Gasteiger partial charge is 0.399 e. The zero-order valence-electron chi connectivity index (χ0n) is 9.56. The van der Waals surface area contributed by atoms with Crippen LogP contribution in [0.2, 0.25) is 0 Å². The average molecular weight is 265 g/mol. The van der Waals surface area contributed by atoms with Crippen LogP contribution < -0.4 is 11.1 Å². The number of hydrogen-bond donors (Lipinski definition) is 2. The number of rotatable bonds is 3. The van der Waals surface area contributed by atoms with Crippen molar-refractivity contribution in [2.75, 3.05) is 11.1 Å². The van der Waals surface area contributed by atoms with Crippen molar-refractivity contribution in [2.24, 2.45) is 0 Å². The van der Waals surface area contributed by atoms with Crippen molar-refractivity contribution < 1.29 is 13.7 Å². The van der Waals surface area contributed by atoms with Crippen LogP contribution in [0.1, 0.15) is 0 Å². The molecule has 0 aliphatic rings. The minimum atomic E-state index is -1.24. The van der Waals surface area contributed by atoms with E-state index in [9.17, 15) is 18.9 Å². The Bertz CT molecular complexity index is 647. The number of nitro groups is 1. The maximum absolute atomic E-state index is 13.4. The maximum atomic E-state index is 13.4. The van der Waals surface area contributed by atoms with Gasteiger partial charge in [-0.25, -0.2) is 4.39 Å². The van der Waals surface area contributed by atoms with E-state index in [4.69, 9.17) is 5.73 Å². The van der Waals surface area contributed by atoms with Gasteiger partial charge in [-0.2, -0.15) is 4.39 Å². The fourth-order valence-electron chi connectivity index (χ4n) is 1.62. The van der Waals surface area contributed by atoms with Crippen molar-refractivity contribution >= 4 is 22.7 Å². The number of halogens is 2. The normalized spacial score (nSPS) is 10.2. The van der Waals surface area contributed by atoms with Crippen LogP contribution in [0.5, 0.6) is 0 Å². The summed E-state index contributed by atoms with van der Waals surface area (Å²) in [4.78, 5) is 9.88. The molecule has 0 radical (unpaired) electrons. The molecular formula is C12H9F2N3O2. The van der Waals surface area contributed by atoms with Crippen molar-refractivity contribution in [1.82, 2.24) is 0 Å². The first-order valence-corrected chi connectivity index (χ1v) is 5.23. The van der Waals surface area contributed by atoms with E-state index in [0.29, 0.717) is 17.4 Å². The van der Waals surface area contributed by atoms with Crippen LogP contribution in [0.3, 0.4) is 0 Å². The van der Waals surface area contributed by atoms with E-state index in [2.05, 4.69) is 5.32 Å². The quantitative estimate of drug-likeness (QED) is 0.507. The monoisotopic (exact) mass is 265 g/mol. The highest BCUT2D eigenvalue weighted by Crippen LogP contribution is 2.31. The Morgan fingerprint density at radius 2 is 1.95 bits per heavy atom. The highest BCUT2D eigenvalue weighted by molar-refractivity contribution is 5.71. The first-order chi connectivity index (χ1) is 8.97. The van der Waals surface area contributed by atoms with Gasteiger partial charge in [0.2, 0.25) is 5.82 Å². The molecule has 0 saturated carbocycles. The van der Waals surface area contributed by atoms with E-state index in [1.54, 1.807) is 18.2 Å². The standard InChI is InChI=1S/C12H9F2N3O2/c13-7-4-10(14)12(17(18)19)11(5-7)16-9-3-1-2-8(15)6-9/h1-6,16H,15H2. The zero-order chi connectivity index (χ0) is 14.0. The first kappa shape index (κ1) is 12.7. The van der Waals surface area contributed by atoms with Gasteiger partial charge in [-0.1, -0.05) is 6.07 Å². The number of nitro benzene ring substituents is 1. The molecule has 0 heterocycles. The Balaban J connectivity index is 2.47. The van der Waals surface area contributed by atoms with E-state index >= 15 is 0 Å². The molecule has 0 amide bonds. The zero-order valence-corrected chi connectivity index (χ0v) is 9.56. The summed E-state index contributed by atoms with van der Waals surface area (Å²) in [7, 11) is 0. The fraction of sp³-hybridized carbons (Fsp3) is 0. The molecule has 2 aromatic carbocycles. The van der Waals surface area contributed by atoms with Crippen LogP contribution in [0, 0.1) is 21.7 Å². The van der Waals surface area contributed by atoms with Gasteiger partial charge in [0.25, 0.3) is 0 Å². The van der Waals surface area contributed by atoms with Crippen molar-refractivity contribution in [3.63, 3.8) is 0 Å². The third-order valence-corrected chi connectivity index (χ3v) is 2.38. The molecule has 0 unspecified atom stereocenters. The Labute approximate surface area is 106 Å². The Morgan fingerprint density at radius 3 is 2.58 bits per heavy atom. The Kier molecular flexibility index (Phi) is 3.28. The molecule has 0 saturated heterocycles. The van der Waals surface area contributed by atoms with Gasteiger partial charge in [0.15, 0.2) is 0 Å². The van der Waals surface area contributed by atoms with Crippen LogP contribution in [-0.4, -0.2) is 4.92 Å². The van der Waals surface area contributed by atoms with Crippen molar-refractivity contribution in [1.29, 1.82) is 0 Å². The third-order valence-electron chi connectivity index (χ3n) is 2.38. The lowest BCUT2D eigenvalue weighted by Gasteiger charge is -2.08. The average Bonchev–Trinajstić information content (AvgIpc) is 2.26. The van der Waals surface area contributed by atoms with Crippen molar-refractivity contribution in [2.45, 2.75) is 0 Å². The molecule has 98 valence electrons. The molecule has 2 aromatic rings. The summed E-state index contributed by atoms with van der Waals surface area (Å²) < 4.78 is 26.5. The number of nitrogens with zero attached hydrogens (tertiary/aromatic N) is 1. The number of nitrogen functional groups attached to an aromatic ring is 1. The molecule has 0 aliphatic carbocycles. The van der Waals surface area contributed by atoms with Gasteiger partial charge in [-0.3, -0.25) is 10.1 Å². The maximum Gasteiger partial charge on any atom is 0.328 e. The topological polar surface area (TPSA) is 81.2 Å². The molecule has 2 rings (SSSR count). The number of nitrogens with two attached hydrogens (primary N) is 1. The summed E-state index contributed by atoms with van der Waals surface area (Å²) in [5.74, 6) is -2.15. The molecule has 3 N–H and O–H groups in total. The van der Waals surface area contributed by atoms with Crippen molar-refractivity contribution in [3.8, 4) is 0 Å². The Morgan fingerprint density at radius 1 is 1.21 bits per heavy atom. The van der Waals surface area contributed by atoms with Gasteiger partial charge in [-0.15, -0.1) is 0 Å². The Hall–Kier alpha value is -2.70. The van der Waals surface area contributed by atoms with Crippen LogP contribution in [0.4, 0.5) is 31.5 Å². The molecule has 5 nitrogen and oxygen atoms in total. The second-order valence-corrected chi connectivity index (χ2v) is 3.79. The molecule has 0 bridgehead atoms. The SMILES string of the molecule is Nc1cccc(Nc2cc(F)cc(F)c2[N+](=O)[O-])c1. The number of nitrogens with one attached hydrogen (secondary N) is 1. The number of anilines is 3. The summed E-state index contributed by atoms with van der Waals surface area (Å²) in [5.41, 5.74) is 5.28. The fourth-order valence-corrected chi connectivity index (χ4v) is 1.62. The highest BCUT2D eigenvalue weighted by Gasteiger charge is 2.22. The van der Waals surface area contributed by atoms with Crippen LogP contribution in [-0.2, 0) is 0 Å². The molecule has 7 heteroatoms. The summed E-state index contributed by atoms with van der Waals surface area (Å²) in [5, 5.41) is 13.4.